The lowest BCUT2D eigenvalue weighted by Gasteiger charge is -2.14. The molecule has 0 aromatic heterocycles. The van der Waals surface area contributed by atoms with Crippen LogP contribution < -0.4 is 5.73 Å². The van der Waals surface area contributed by atoms with E-state index in [4.69, 9.17) is 10.8 Å². The number of hydrogen-bond acceptors (Lipinski definition) is 4. The summed E-state index contributed by atoms with van der Waals surface area (Å²) in [7, 11) is 0. The number of ketones is 1. The molecular formula is C11H15NO3. The fourth-order valence-electron chi connectivity index (χ4n) is 1.17. The second-order valence-corrected chi connectivity index (χ2v) is 3.84. The maximum atomic E-state index is 11.7. The van der Waals surface area contributed by atoms with Crippen molar-refractivity contribution in [2.45, 2.75) is 19.9 Å². The Hall–Kier alpha value is -1.55. The lowest BCUT2D eigenvalue weighted by molar-refractivity contribution is 0.0940. The summed E-state index contributed by atoms with van der Waals surface area (Å²) < 4.78 is 0. The largest absolute Gasteiger partial charge is 0.504 e. The molecule has 1 atom stereocenters. The Morgan fingerprint density at radius 1 is 1.27 bits per heavy atom. The highest BCUT2D eigenvalue weighted by Crippen LogP contribution is 2.25. The molecule has 0 saturated carbocycles. The van der Waals surface area contributed by atoms with Crippen molar-refractivity contribution in [3.05, 3.63) is 23.8 Å². The van der Waals surface area contributed by atoms with Crippen molar-refractivity contribution in [1.82, 2.24) is 0 Å². The van der Waals surface area contributed by atoms with Gasteiger partial charge < -0.3 is 15.9 Å². The maximum Gasteiger partial charge on any atom is 0.179 e. The van der Waals surface area contributed by atoms with Gasteiger partial charge in [0.1, 0.15) is 0 Å². The zero-order valence-corrected chi connectivity index (χ0v) is 8.77. The van der Waals surface area contributed by atoms with E-state index < -0.39 is 6.04 Å². The number of phenolic OH excluding ortho intramolecular Hbond substituents is 2. The van der Waals surface area contributed by atoms with Crippen molar-refractivity contribution in [2.24, 2.45) is 11.7 Å². The molecule has 82 valence electrons. The SMILES string of the molecule is CC(C)C(N)C(=O)c1ccc(O)c(O)c1. The van der Waals surface area contributed by atoms with Gasteiger partial charge in [0.2, 0.25) is 0 Å². The zero-order valence-electron chi connectivity index (χ0n) is 8.77. The molecular weight excluding hydrogens is 194 g/mol. The lowest BCUT2D eigenvalue weighted by atomic mass is 9.96. The van der Waals surface area contributed by atoms with Crippen LogP contribution in [0.5, 0.6) is 11.5 Å². The summed E-state index contributed by atoms with van der Waals surface area (Å²) in [5.74, 6) is -0.754. The summed E-state index contributed by atoms with van der Waals surface area (Å²) in [6, 6.07) is 3.35. The molecule has 0 aliphatic heterocycles. The van der Waals surface area contributed by atoms with Crippen molar-refractivity contribution >= 4 is 5.78 Å². The molecule has 0 radical (unpaired) electrons. The average molecular weight is 209 g/mol. The Balaban J connectivity index is 2.97. The fourth-order valence-corrected chi connectivity index (χ4v) is 1.17. The van der Waals surface area contributed by atoms with Crippen molar-refractivity contribution in [3.8, 4) is 11.5 Å². The van der Waals surface area contributed by atoms with Gasteiger partial charge in [-0.25, -0.2) is 0 Å². The minimum atomic E-state index is -0.589. The molecule has 0 fully saturated rings. The van der Waals surface area contributed by atoms with E-state index in [1.807, 2.05) is 13.8 Å². The van der Waals surface area contributed by atoms with Crippen molar-refractivity contribution in [2.75, 3.05) is 0 Å². The summed E-state index contributed by atoms with van der Waals surface area (Å²) in [6.07, 6.45) is 0. The van der Waals surface area contributed by atoms with E-state index in [1.165, 1.54) is 18.2 Å². The molecule has 1 aromatic rings. The van der Waals surface area contributed by atoms with E-state index in [0.717, 1.165) is 0 Å². The van der Waals surface area contributed by atoms with Crippen LogP contribution in [0.2, 0.25) is 0 Å². The van der Waals surface area contributed by atoms with E-state index >= 15 is 0 Å². The van der Waals surface area contributed by atoms with Crippen molar-refractivity contribution in [1.29, 1.82) is 0 Å². The molecule has 0 bridgehead atoms. The van der Waals surface area contributed by atoms with E-state index in [1.54, 1.807) is 0 Å². The molecule has 0 saturated heterocycles. The molecule has 15 heavy (non-hydrogen) atoms. The first-order chi connectivity index (χ1) is 6.93. The summed E-state index contributed by atoms with van der Waals surface area (Å²) in [5, 5.41) is 18.3. The summed E-state index contributed by atoms with van der Waals surface area (Å²) in [6.45, 7) is 3.70. The highest BCUT2D eigenvalue weighted by Gasteiger charge is 2.19. The average Bonchev–Trinajstić information content (AvgIpc) is 2.19. The van der Waals surface area contributed by atoms with Gasteiger partial charge in [-0.1, -0.05) is 13.8 Å². The van der Waals surface area contributed by atoms with Gasteiger partial charge in [0, 0.05) is 5.56 Å². The van der Waals surface area contributed by atoms with Gasteiger partial charge in [-0.05, 0) is 24.1 Å². The zero-order chi connectivity index (χ0) is 11.6. The van der Waals surface area contributed by atoms with Crippen LogP contribution in [-0.2, 0) is 0 Å². The Kier molecular flexibility index (Phi) is 3.31. The number of Topliss-reactive ketones (excluding diaryl/α,β-unsaturated/α-hetero) is 1. The smallest absolute Gasteiger partial charge is 0.179 e. The molecule has 1 aromatic carbocycles. The molecule has 4 heteroatoms. The third kappa shape index (κ3) is 2.47. The van der Waals surface area contributed by atoms with Crippen LogP contribution in [0.3, 0.4) is 0 Å². The minimum Gasteiger partial charge on any atom is -0.504 e. The topological polar surface area (TPSA) is 83.6 Å². The monoisotopic (exact) mass is 209 g/mol. The Labute approximate surface area is 88.3 Å². The number of benzene rings is 1. The van der Waals surface area contributed by atoms with Gasteiger partial charge >= 0.3 is 0 Å². The van der Waals surface area contributed by atoms with Crippen molar-refractivity contribution < 1.29 is 15.0 Å². The van der Waals surface area contributed by atoms with E-state index in [0.29, 0.717) is 5.56 Å². The van der Waals surface area contributed by atoms with E-state index in [9.17, 15) is 9.90 Å². The summed E-state index contributed by atoms with van der Waals surface area (Å²) >= 11 is 0. The van der Waals surface area contributed by atoms with Gasteiger partial charge in [-0.15, -0.1) is 0 Å². The molecule has 0 aliphatic carbocycles. The molecule has 1 unspecified atom stereocenters. The molecule has 0 amide bonds. The molecule has 0 spiro atoms. The Morgan fingerprint density at radius 2 is 1.87 bits per heavy atom. The quantitative estimate of drug-likeness (QED) is 0.517. The number of carbonyl (C=O) groups excluding carboxylic acids is 1. The minimum absolute atomic E-state index is 0.0356. The van der Waals surface area contributed by atoms with Gasteiger partial charge in [-0.3, -0.25) is 4.79 Å². The third-order valence-corrected chi connectivity index (χ3v) is 2.28. The number of rotatable bonds is 3. The highest BCUT2D eigenvalue weighted by atomic mass is 16.3. The molecule has 0 aliphatic rings. The summed E-state index contributed by atoms with van der Waals surface area (Å²) in [4.78, 5) is 11.7. The van der Waals surface area contributed by atoms with Crippen LogP contribution in [0, 0.1) is 5.92 Å². The van der Waals surface area contributed by atoms with Gasteiger partial charge in [0.05, 0.1) is 6.04 Å². The fraction of sp³-hybridized carbons (Fsp3) is 0.364. The first-order valence-electron chi connectivity index (χ1n) is 4.75. The lowest BCUT2D eigenvalue weighted by Crippen LogP contribution is -2.35. The predicted octanol–water partition coefficient (Wildman–Crippen LogP) is 1.26. The first-order valence-corrected chi connectivity index (χ1v) is 4.75. The highest BCUT2D eigenvalue weighted by molar-refractivity contribution is 6.00. The number of aromatic hydroxyl groups is 2. The number of carbonyl (C=O) groups is 1. The van der Waals surface area contributed by atoms with E-state index in [-0.39, 0.29) is 23.2 Å². The van der Waals surface area contributed by atoms with Crippen LogP contribution in [0.4, 0.5) is 0 Å². The van der Waals surface area contributed by atoms with Crippen LogP contribution in [0.1, 0.15) is 24.2 Å². The van der Waals surface area contributed by atoms with Crippen LogP contribution in [-0.4, -0.2) is 22.0 Å². The first kappa shape index (κ1) is 11.5. The third-order valence-electron chi connectivity index (χ3n) is 2.28. The second-order valence-electron chi connectivity index (χ2n) is 3.84. The van der Waals surface area contributed by atoms with E-state index in [2.05, 4.69) is 0 Å². The molecule has 4 N–H and O–H groups in total. The van der Waals surface area contributed by atoms with Crippen LogP contribution in [0.25, 0.3) is 0 Å². The van der Waals surface area contributed by atoms with Crippen LogP contribution >= 0.6 is 0 Å². The Bertz CT molecular complexity index is 374. The molecule has 1 rings (SSSR count). The number of phenols is 2. The summed E-state index contributed by atoms with van der Waals surface area (Å²) in [5.41, 5.74) is 6.00. The number of nitrogens with two attached hydrogens (primary N) is 1. The normalized spacial score (nSPS) is 12.8. The van der Waals surface area contributed by atoms with Gasteiger partial charge in [0.15, 0.2) is 17.3 Å². The predicted molar refractivity (Wildman–Crippen MR) is 56.9 cm³/mol. The second kappa shape index (κ2) is 4.31. The van der Waals surface area contributed by atoms with Gasteiger partial charge in [0.25, 0.3) is 0 Å². The number of hydrogen-bond donors (Lipinski definition) is 3. The standard InChI is InChI=1S/C11H15NO3/c1-6(2)10(12)11(15)7-3-4-8(13)9(14)5-7/h3-6,10,13-14H,12H2,1-2H3. The van der Waals surface area contributed by atoms with Crippen LogP contribution in [0.15, 0.2) is 18.2 Å². The van der Waals surface area contributed by atoms with Crippen molar-refractivity contribution in [3.63, 3.8) is 0 Å². The maximum absolute atomic E-state index is 11.7. The molecule has 4 nitrogen and oxygen atoms in total. The Morgan fingerprint density at radius 3 is 2.33 bits per heavy atom. The van der Waals surface area contributed by atoms with Gasteiger partial charge in [-0.2, -0.15) is 0 Å². The molecule has 0 heterocycles.